The standard InChI is InChI=1S/C18H19N3O2S/c1-20(2)24(22,23)17-14-21(13-15-9-5-3-6-10-15)19-18(17)16-11-7-4-8-12-16/h3-12,14H,13H2,1-2H3. The molecule has 0 radical (unpaired) electrons. The zero-order valence-electron chi connectivity index (χ0n) is 13.6. The highest BCUT2D eigenvalue weighted by Crippen LogP contribution is 2.27. The average Bonchev–Trinajstić information content (AvgIpc) is 3.01. The lowest BCUT2D eigenvalue weighted by molar-refractivity contribution is 0.521. The van der Waals surface area contributed by atoms with Crippen molar-refractivity contribution in [1.29, 1.82) is 0 Å². The summed E-state index contributed by atoms with van der Waals surface area (Å²) in [7, 11) is -0.524. The van der Waals surface area contributed by atoms with Gasteiger partial charge in [0, 0.05) is 25.9 Å². The summed E-state index contributed by atoms with van der Waals surface area (Å²) in [6.45, 7) is 0.517. The Balaban J connectivity index is 2.10. The lowest BCUT2D eigenvalue weighted by Gasteiger charge is -2.10. The molecule has 0 spiro atoms. The SMILES string of the molecule is CN(C)S(=O)(=O)c1cn(Cc2ccccc2)nc1-c1ccccc1. The van der Waals surface area contributed by atoms with Crippen LogP contribution in [0.15, 0.2) is 71.8 Å². The van der Waals surface area contributed by atoms with Crippen molar-refractivity contribution in [2.45, 2.75) is 11.4 Å². The Hall–Kier alpha value is -2.44. The van der Waals surface area contributed by atoms with E-state index < -0.39 is 10.0 Å². The molecule has 0 amide bonds. The summed E-state index contributed by atoms with van der Waals surface area (Å²) in [4.78, 5) is 0.217. The lowest BCUT2D eigenvalue weighted by atomic mass is 10.2. The molecule has 0 unspecified atom stereocenters. The van der Waals surface area contributed by atoms with Crippen molar-refractivity contribution in [3.63, 3.8) is 0 Å². The first-order valence-corrected chi connectivity index (χ1v) is 9.02. The van der Waals surface area contributed by atoms with E-state index in [-0.39, 0.29) is 4.90 Å². The van der Waals surface area contributed by atoms with Gasteiger partial charge in [-0.15, -0.1) is 0 Å². The molecule has 0 aliphatic heterocycles. The van der Waals surface area contributed by atoms with Gasteiger partial charge >= 0.3 is 0 Å². The molecule has 0 atom stereocenters. The van der Waals surface area contributed by atoms with E-state index in [9.17, 15) is 8.42 Å². The smallest absolute Gasteiger partial charge is 0.246 e. The van der Waals surface area contributed by atoms with Crippen LogP contribution in [-0.2, 0) is 16.6 Å². The highest BCUT2D eigenvalue weighted by Gasteiger charge is 2.25. The predicted octanol–water partition coefficient (Wildman–Crippen LogP) is 2.85. The predicted molar refractivity (Wildman–Crippen MR) is 94.1 cm³/mol. The normalized spacial score (nSPS) is 11.8. The fourth-order valence-electron chi connectivity index (χ4n) is 2.44. The number of hydrogen-bond donors (Lipinski definition) is 0. The summed E-state index contributed by atoms with van der Waals surface area (Å²) >= 11 is 0. The Morgan fingerprint density at radius 1 is 0.958 bits per heavy atom. The summed E-state index contributed by atoms with van der Waals surface area (Å²) in [5.74, 6) is 0. The van der Waals surface area contributed by atoms with E-state index >= 15 is 0 Å². The third-order valence-corrected chi connectivity index (χ3v) is 5.54. The summed E-state index contributed by atoms with van der Waals surface area (Å²) in [6.07, 6.45) is 1.60. The third kappa shape index (κ3) is 3.25. The molecule has 2 aromatic carbocycles. The molecule has 24 heavy (non-hydrogen) atoms. The lowest BCUT2D eigenvalue weighted by Crippen LogP contribution is -2.22. The number of rotatable bonds is 5. The molecule has 1 heterocycles. The van der Waals surface area contributed by atoms with Crippen LogP contribution in [0.4, 0.5) is 0 Å². The van der Waals surface area contributed by atoms with Crippen molar-refractivity contribution >= 4 is 10.0 Å². The molecule has 0 aliphatic rings. The summed E-state index contributed by atoms with van der Waals surface area (Å²) < 4.78 is 28.2. The van der Waals surface area contributed by atoms with Crippen molar-refractivity contribution in [2.24, 2.45) is 0 Å². The fourth-order valence-corrected chi connectivity index (χ4v) is 3.49. The van der Waals surface area contributed by atoms with Crippen LogP contribution in [-0.4, -0.2) is 36.6 Å². The zero-order valence-corrected chi connectivity index (χ0v) is 14.4. The first-order chi connectivity index (χ1) is 11.5. The van der Waals surface area contributed by atoms with Crippen LogP contribution in [0.3, 0.4) is 0 Å². The average molecular weight is 341 g/mol. The van der Waals surface area contributed by atoms with Crippen molar-refractivity contribution in [2.75, 3.05) is 14.1 Å². The van der Waals surface area contributed by atoms with Gasteiger partial charge in [-0.25, -0.2) is 12.7 Å². The number of aromatic nitrogens is 2. The molecule has 3 rings (SSSR count). The first kappa shape index (κ1) is 16.4. The molecule has 124 valence electrons. The summed E-state index contributed by atoms with van der Waals surface area (Å²) in [5.41, 5.74) is 2.32. The Morgan fingerprint density at radius 2 is 1.54 bits per heavy atom. The second-order valence-electron chi connectivity index (χ2n) is 5.68. The van der Waals surface area contributed by atoms with Gasteiger partial charge in [-0.3, -0.25) is 4.68 Å². The van der Waals surface area contributed by atoms with Crippen molar-refractivity contribution in [3.8, 4) is 11.3 Å². The maximum atomic E-state index is 12.7. The first-order valence-electron chi connectivity index (χ1n) is 7.58. The third-order valence-electron chi connectivity index (χ3n) is 3.72. The molecule has 0 N–H and O–H groups in total. The molecule has 0 aliphatic carbocycles. The van der Waals surface area contributed by atoms with Gasteiger partial charge in [0.05, 0.1) is 6.54 Å². The molecule has 1 aromatic heterocycles. The molecule has 0 saturated carbocycles. The van der Waals surface area contributed by atoms with Crippen LogP contribution < -0.4 is 0 Å². The molecule has 0 saturated heterocycles. The maximum absolute atomic E-state index is 12.7. The van der Waals surface area contributed by atoms with E-state index in [1.807, 2.05) is 60.7 Å². The minimum absolute atomic E-state index is 0.217. The van der Waals surface area contributed by atoms with Gasteiger partial charge < -0.3 is 0 Å². The van der Waals surface area contributed by atoms with E-state index in [1.165, 1.54) is 18.4 Å². The van der Waals surface area contributed by atoms with Gasteiger partial charge in [-0.1, -0.05) is 60.7 Å². The van der Waals surface area contributed by atoms with Gasteiger partial charge in [0.15, 0.2) is 0 Å². The van der Waals surface area contributed by atoms with Crippen LogP contribution in [0.2, 0.25) is 0 Å². The van der Waals surface area contributed by atoms with E-state index in [0.29, 0.717) is 12.2 Å². The Kier molecular flexibility index (Phi) is 4.51. The fraction of sp³-hybridized carbons (Fsp3) is 0.167. The number of sulfonamides is 1. The Labute approximate surface area is 142 Å². The van der Waals surface area contributed by atoms with Crippen molar-refractivity contribution < 1.29 is 8.42 Å². The molecular formula is C18H19N3O2S. The van der Waals surface area contributed by atoms with Crippen LogP contribution in [0.1, 0.15) is 5.56 Å². The molecule has 0 bridgehead atoms. The van der Waals surface area contributed by atoms with E-state index in [1.54, 1.807) is 10.9 Å². The summed E-state index contributed by atoms with van der Waals surface area (Å²) in [5, 5.41) is 4.54. The van der Waals surface area contributed by atoms with Gasteiger partial charge in [-0.2, -0.15) is 5.10 Å². The molecule has 6 heteroatoms. The van der Waals surface area contributed by atoms with Crippen LogP contribution in [0, 0.1) is 0 Å². The van der Waals surface area contributed by atoms with Gasteiger partial charge in [-0.05, 0) is 5.56 Å². The van der Waals surface area contributed by atoms with Crippen molar-refractivity contribution in [1.82, 2.24) is 14.1 Å². The van der Waals surface area contributed by atoms with Gasteiger partial charge in [0.2, 0.25) is 10.0 Å². The highest BCUT2D eigenvalue weighted by molar-refractivity contribution is 7.89. The Bertz CT molecular complexity index is 917. The topological polar surface area (TPSA) is 55.2 Å². The maximum Gasteiger partial charge on any atom is 0.246 e. The van der Waals surface area contributed by atoms with Gasteiger partial charge in [0.1, 0.15) is 10.6 Å². The van der Waals surface area contributed by atoms with Crippen LogP contribution >= 0.6 is 0 Å². The molecule has 5 nitrogen and oxygen atoms in total. The number of nitrogens with zero attached hydrogens (tertiary/aromatic N) is 3. The monoisotopic (exact) mass is 341 g/mol. The minimum Gasteiger partial charge on any atom is -0.266 e. The summed E-state index contributed by atoms with van der Waals surface area (Å²) in [6, 6.07) is 19.2. The largest absolute Gasteiger partial charge is 0.266 e. The second-order valence-corrected chi connectivity index (χ2v) is 7.80. The minimum atomic E-state index is -3.58. The van der Waals surface area contributed by atoms with Crippen LogP contribution in [0.5, 0.6) is 0 Å². The molecule has 0 fully saturated rings. The van der Waals surface area contributed by atoms with E-state index in [4.69, 9.17) is 0 Å². The van der Waals surface area contributed by atoms with Crippen molar-refractivity contribution in [3.05, 3.63) is 72.4 Å². The quantitative estimate of drug-likeness (QED) is 0.717. The highest BCUT2D eigenvalue weighted by atomic mass is 32.2. The van der Waals surface area contributed by atoms with Crippen LogP contribution in [0.25, 0.3) is 11.3 Å². The van der Waals surface area contributed by atoms with E-state index in [2.05, 4.69) is 5.10 Å². The number of benzene rings is 2. The second kappa shape index (κ2) is 6.59. The molecule has 3 aromatic rings. The number of hydrogen-bond acceptors (Lipinski definition) is 3. The van der Waals surface area contributed by atoms with Gasteiger partial charge in [0.25, 0.3) is 0 Å². The zero-order chi connectivity index (χ0) is 17.2. The Morgan fingerprint density at radius 3 is 2.12 bits per heavy atom. The molecular weight excluding hydrogens is 322 g/mol. The van der Waals surface area contributed by atoms with E-state index in [0.717, 1.165) is 11.1 Å².